The fraction of sp³-hybridized carbons (Fsp3) is 0.316. The summed E-state index contributed by atoms with van der Waals surface area (Å²) in [7, 11) is 0. The smallest absolute Gasteiger partial charge is 0.254 e. The Bertz CT molecular complexity index is 730. The summed E-state index contributed by atoms with van der Waals surface area (Å²) in [5.41, 5.74) is 1.64. The van der Waals surface area contributed by atoms with Gasteiger partial charge in [0.05, 0.1) is 5.56 Å². The number of hydrogen-bond donors (Lipinski definition) is 2. The Kier molecular flexibility index (Phi) is 6.02. The van der Waals surface area contributed by atoms with E-state index in [0.717, 1.165) is 38.3 Å². The fourth-order valence-corrected chi connectivity index (χ4v) is 3.00. The van der Waals surface area contributed by atoms with E-state index >= 15 is 0 Å². The van der Waals surface area contributed by atoms with Crippen LogP contribution in [-0.2, 0) is 0 Å². The predicted molar refractivity (Wildman–Crippen MR) is 98.5 cm³/mol. The van der Waals surface area contributed by atoms with Crippen LogP contribution in [0, 0.1) is 5.82 Å². The standard InChI is InChI=1S/C19H21ClFN3O/c20-16-4-1-14(2-5-16)15-3-6-17(18(21)13-15)19(25)23-9-12-24-10-7-22-8-11-24/h1-6,13,22H,7-12H2,(H,23,25). The van der Waals surface area contributed by atoms with Crippen molar-refractivity contribution in [3.05, 3.63) is 58.9 Å². The van der Waals surface area contributed by atoms with Crippen LogP contribution in [0.4, 0.5) is 4.39 Å². The van der Waals surface area contributed by atoms with Gasteiger partial charge in [-0.3, -0.25) is 9.69 Å². The number of carbonyl (C=O) groups is 1. The molecule has 0 unspecified atom stereocenters. The molecule has 25 heavy (non-hydrogen) atoms. The van der Waals surface area contributed by atoms with Crippen molar-refractivity contribution in [3.8, 4) is 11.1 Å². The Morgan fingerprint density at radius 3 is 2.48 bits per heavy atom. The lowest BCUT2D eigenvalue weighted by Gasteiger charge is -2.27. The molecule has 132 valence electrons. The first-order chi connectivity index (χ1) is 12.1. The molecule has 0 spiro atoms. The number of nitrogens with one attached hydrogen (secondary N) is 2. The van der Waals surface area contributed by atoms with Crippen molar-refractivity contribution < 1.29 is 9.18 Å². The van der Waals surface area contributed by atoms with E-state index in [-0.39, 0.29) is 11.5 Å². The summed E-state index contributed by atoms with van der Waals surface area (Å²) in [5.74, 6) is -0.901. The van der Waals surface area contributed by atoms with E-state index in [1.165, 1.54) is 12.1 Å². The third kappa shape index (κ3) is 4.78. The Labute approximate surface area is 152 Å². The van der Waals surface area contributed by atoms with Crippen molar-refractivity contribution in [1.29, 1.82) is 0 Å². The van der Waals surface area contributed by atoms with Gasteiger partial charge < -0.3 is 10.6 Å². The van der Waals surface area contributed by atoms with Gasteiger partial charge >= 0.3 is 0 Å². The molecule has 1 amide bonds. The number of hydrogen-bond acceptors (Lipinski definition) is 3. The molecule has 0 atom stereocenters. The molecule has 3 rings (SSSR count). The minimum Gasteiger partial charge on any atom is -0.351 e. The lowest BCUT2D eigenvalue weighted by molar-refractivity contribution is 0.0943. The molecule has 1 saturated heterocycles. The van der Waals surface area contributed by atoms with Crippen LogP contribution < -0.4 is 10.6 Å². The summed E-state index contributed by atoms with van der Waals surface area (Å²) < 4.78 is 14.3. The molecule has 2 aromatic rings. The average molecular weight is 362 g/mol. The predicted octanol–water partition coefficient (Wildman–Crippen LogP) is 2.78. The van der Waals surface area contributed by atoms with E-state index in [2.05, 4.69) is 15.5 Å². The number of nitrogens with zero attached hydrogens (tertiary/aromatic N) is 1. The second-order valence-corrected chi connectivity index (χ2v) is 6.49. The van der Waals surface area contributed by atoms with Crippen molar-refractivity contribution in [2.45, 2.75) is 0 Å². The summed E-state index contributed by atoms with van der Waals surface area (Å²) in [6.07, 6.45) is 0. The van der Waals surface area contributed by atoms with Crippen LogP contribution in [0.15, 0.2) is 42.5 Å². The second kappa shape index (κ2) is 8.43. The number of halogens is 2. The second-order valence-electron chi connectivity index (χ2n) is 6.05. The Morgan fingerprint density at radius 1 is 1.12 bits per heavy atom. The highest BCUT2D eigenvalue weighted by Crippen LogP contribution is 2.23. The zero-order valence-electron chi connectivity index (χ0n) is 13.9. The van der Waals surface area contributed by atoms with Crippen molar-refractivity contribution in [2.24, 2.45) is 0 Å². The quantitative estimate of drug-likeness (QED) is 0.860. The maximum absolute atomic E-state index is 14.3. The molecule has 0 aliphatic carbocycles. The molecule has 0 bridgehead atoms. The van der Waals surface area contributed by atoms with Crippen LogP contribution >= 0.6 is 11.6 Å². The van der Waals surface area contributed by atoms with Crippen molar-refractivity contribution >= 4 is 17.5 Å². The van der Waals surface area contributed by atoms with Crippen LogP contribution in [0.3, 0.4) is 0 Å². The summed E-state index contributed by atoms with van der Waals surface area (Å²) in [4.78, 5) is 14.5. The van der Waals surface area contributed by atoms with Gasteiger partial charge in [0.2, 0.25) is 0 Å². The zero-order chi connectivity index (χ0) is 17.6. The number of piperazine rings is 1. The molecule has 2 aromatic carbocycles. The first-order valence-corrected chi connectivity index (χ1v) is 8.78. The fourth-order valence-electron chi connectivity index (χ4n) is 2.88. The van der Waals surface area contributed by atoms with E-state index in [9.17, 15) is 9.18 Å². The zero-order valence-corrected chi connectivity index (χ0v) is 14.7. The van der Waals surface area contributed by atoms with Crippen LogP contribution in [0.25, 0.3) is 11.1 Å². The van der Waals surface area contributed by atoms with Gasteiger partial charge in [0.1, 0.15) is 5.82 Å². The Morgan fingerprint density at radius 2 is 1.80 bits per heavy atom. The number of rotatable bonds is 5. The summed E-state index contributed by atoms with van der Waals surface area (Å²) in [6.45, 7) is 5.17. The number of carbonyl (C=O) groups excluding carboxylic acids is 1. The number of amides is 1. The molecule has 0 saturated carbocycles. The first-order valence-electron chi connectivity index (χ1n) is 8.40. The molecule has 1 aliphatic rings. The highest BCUT2D eigenvalue weighted by molar-refractivity contribution is 6.30. The number of benzene rings is 2. The van der Waals surface area contributed by atoms with Gasteiger partial charge in [-0.15, -0.1) is 0 Å². The minimum absolute atomic E-state index is 0.0676. The van der Waals surface area contributed by atoms with Gasteiger partial charge in [-0.25, -0.2) is 4.39 Å². The highest BCUT2D eigenvalue weighted by Gasteiger charge is 2.14. The normalized spacial score (nSPS) is 15.1. The Balaban J connectivity index is 1.59. The summed E-state index contributed by atoms with van der Waals surface area (Å²) >= 11 is 5.87. The topological polar surface area (TPSA) is 44.4 Å². The van der Waals surface area contributed by atoms with Crippen LogP contribution in [0.5, 0.6) is 0 Å². The van der Waals surface area contributed by atoms with Crippen molar-refractivity contribution in [2.75, 3.05) is 39.3 Å². The lowest BCUT2D eigenvalue weighted by Crippen LogP contribution is -2.46. The van der Waals surface area contributed by atoms with E-state index < -0.39 is 5.82 Å². The molecule has 0 aromatic heterocycles. The molecular weight excluding hydrogens is 341 g/mol. The van der Waals surface area contributed by atoms with Crippen molar-refractivity contribution in [1.82, 2.24) is 15.5 Å². The van der Waals surface area contributed by atoms with Gasteiger partial charge in [-0.2, -0.15) is 0 Å². The van der Waals surface area contributed by atoms with Gasteiger partial charge in [0.15, 0.2) is 0 Å². The largest absolute Gasteiger partial charge is 0.351 e. The third-order valence-corrected chi connectivity index (χ3v) is 4.57. The van der Waals surface area contributed by atoms with Gasteiger partial charge in [0.25, 0.3) is 5.91 Å². The van der Waals surface area contributed by atoms with E-state index in [1.54, 1.807) is 18.2 Å². The third-order valence-electron chi connectivity index (χ3n) is 4.31. The van der Waals surface area contributed by atoms with Gasteiger partial charge in [-0.05, 0) is 35.4 Å². The Hall–Kier alpha value is -1.95. The molecule has 2 N–H and O–H groups in total. The summed E-state index contributed by atoms with van der Waals surface area (Å²) in [6, 6.07) is 11.8. The van der Waals surface area contributed by atoms with Gasteiger partial charge in [-0.1, -0.05) is 29.8 Å². The van der Waals surface area contributed by atoms with Crippen molar-refractivity contribution in [3.63, 3.8) is 0 Å². The van der Waals surface area contributed by atoms with E-state index in [1.807, 2.05) is 12.1 Å². The van der Waals surface area contributed by atoms with Crippen LogP contribution in [0.1, 0.15) is 10.4 Å². The highest BCUT2D eigenvalue weighted by atomic mass is 35.5. The molecule has 1 aliphatic heterocycles. The minimum atomic E-state index is -0.521. The SMILES string of the molecule is O=C(NCCN1CCNCC1)c1ccc(-c2ccc(Cl)cc2)cc1F. The first kappa shape index (κ1) is 17.9. The average Bonchev–Trinajstić information content (AvgIpc) is 2.63. The van der Waals surface area contributed by atoms with Crippen LogP contribution in [0.2, 0.25) is 5.02 Å². The van der Waals surface area contributed by atoms with Crippen LogP contribution in [-0.4, -0.2) is 50.1 Å². The monoisotopic (exact) mass is 361 g/mol. The van der Waals surface area contributed by atoms with E-state index in [0.29, 0.717) is 17.1 Å². The maximum Gasteiger partial charge on any atom is 0.254 e. The molecule has 4 nitrogen and oxygen atoms in total. The molecule has 0 radical (unpaired) electrons. The maximum atomic E-state index is 14.3. The summed E-state index contributed by atoms with van der Waals surface area (Å²) in [5, 5.41) is 6.71. The lowest BCUT2D eigenvalue weighted by atomic mass is 10.0. The molecule has 1 fully saturated rings. The molecular formula is C19H21ClFN3O. The molecule has 6 heteroatoms. The molecule has 1 heterocycles. The van der Waals surface area contributed by atoms with Gasteiger partial charge in [0, 0.05) is 44.3 Å². The van der Waals surface area contributed by atoms with E-state index in [4.69, 9.17) is 11.6 Å².